The van der Waals surface area contributed by atoms with Crippen LogP contribution in [0.5, 0.6) is 17.2 Å². The lowest BCUT2D eigenvalue weighted by Crippen LogP contribution is -2.32. The molecule has 0 saturated heterocycles. The Labute approximate surface area is 236 Å². The van der Waals surface area contributed by atoms with Crippen LogP contribution in [0.3, 0.4) is 0 Å². The van der Waals surface area contributed by atoms with Gasteiger partial charge in [-0.05, 0) is 49.6 Å². The molecule has 0 bridgehead atoms. The maximum Gasteiger partial charge on any atom is 0.307 e. The summed E-state index contributed by atoms with van der Waals surface area (Å²) in [5.41, 5.74) is 1.44. The Hall–Kier alpha value is -4.80. The highest BCUT2D eigenvalue weighted by Gasteiger charge is 2.47. The van der Waals surface area contributed by atoms with E-state index in [9.17, 15) is 23.1 Å². The van der Waals surface area contributed by atoms with Crippen LogP contribution in [0.4, 0.5) is 17.6 Å². The van der Waals surface area contributed by atoms with Gasteiger partial charge in [-0.2, -0.15) is 4.39 Å². The topological polar surface area (TPSA) is 100 Å². The zero-order valence-electron chi connectivity index (χ0n) is 22.1. The molecule has 3 aromatic carbocycles. The van der Waals surface area contributed by atoms with Crippen molar-refractivity contribution in [3.8, 4) is 28.6 Å². The molecule has 2 aliphatic rings. The summed E-state index contributed by atoms with van der Waals surface area (Å²) in [5, 5.41) is 9.24. The zero-order chi connectivity index (χ0) is 29.3. The average Bonchev–Trinajstić information content (AvgIpc) is 3.36. The minimum atomic E-state index is -1.51. The normalized spacial score (nSPS) is 21.2. The molecule has 3 heterocycles. The van der Waals surface area contributed by atoms with Gasteiger partial charge in [0.25, 0.3) is 0 Å². The number of imidazole rings is 1. The number of H-pyrrole nitrogens is 2. The third-order valence-corrected chi connectivity index (χ3v) is 8.37. The molecular formula is C31H23F4N3O4. The van der Waals surface area contributed by atoms with Crippen LogP contribution in [-0.4, -0.2) is 32.6 Å². The molecule has 1 aliphatic carbocycles. The lowest BCUT2D eigenvalue weighted by molar-refractivity contribution is -0.138. The molecule has 0 spiro atoms. The number of aliphatic carboxylic acids is 1. The van der Waals surface area contributed by atoms with Gasteiger partial charge in [0.1, 0.15) is 23.1 Å². The van der Waals surface area contributed by atoms with Gasteiger partial charge in [-0.25, -0.2) is 18.2 Å². The standard InChI is InChI=1S/C31H23F4N3O4/c1-31(8-10-41-27-15(3-2-4-20(27)31)17-12-18(17)30(39)40)22-13-37-29(38-22)19-11-14(5-6-21(19)32)42-28-23(33)16-7-9-36-26(16)24(34)25(28)35/h2-7,9,11,13,17-18,36H,8,10,12H2,1H3,(H,37,38)(H,39,40)/t17-,18+,31-/m0/s1. The number of carboxylic acids is 1. The van der Waals surface area contributed by atoms with E-state index < -0.39 is 46.3 Å². The summed E-state index contributed by atoms with van der Waals surface area (Å²) in [6.07, 6.45) is 4.00. The number of halogens is 4. The summed E-state index contributed by atoms with van der Waals surface area (Å²) in [6.45, 7) is 2.39. The van der Waals surface area contributed by atoms with Crippen LogP contribution in [0.2, 0.25) is 0 Å². The van der Waals surface area contributed by atoms with E-state index >= 15 is 4.39 Å². The van der Waals surface area contributed by atoms with E-state index in [0.29, 0.717) is 30.9 Å². The monoisotopic (exact) mass is 577 g/mol. The molecule has 1 fully saturated rings. The molecule has 3 N–H and O–H groups in total. The second-order valence-corrected chi connectivity index (χ2v) is 10.9. The number of carboxylic acid groups (broad SMARTS) is 1. The molecule has 0 radical (unpaired) electrons. The molecule has 0 unspecified atom stereocenters. The Morgan fingerprint density at radius 3 is 2.74 bits per heavy atom. The molecule has 7 nitrogen and oxygen atoms in total. The maximum absolute atomic E-state index is 15.0. The van der Waals surface area contributed by atoms with Crippen LogP contribution < -0.4 is 9.47 Å². The van der Waals surface area contributed by atoms with Gasteiger partial charge in [-0.1, -0.05) is 18.2 Å². The van der Waals surface area contributed by atoms with Gasteiger partial charge in [0.2, 0.25) is 11.6 Å². The van der Waals surface area contributed by atoms with Crippen molar-refractivity contribution in [2.75, 3.05) is 6.61 Å². The molecule has 1 saturated carbocycles. The van der Waals surface area contributed by atoms with Crippen molar-refractivity contribution in [3.63, 3.8) is 0 Å². The van der Waals surface area contributed by atoms with Crippen molar-refractivity contribution in [3.05, 3.63) is 94.9 Å². The number of fused-ring (bicyclic) bond motifs is 2. The first-order valence-electron chi connectivity index (χ1n) is 13.3. The highest BCUT2D eigenvalue weighted by Crippen LogP contribution is 2.54. The van der Waals surface area contributed by atoms with Crippen LogP contribution in [0.15, 0.2) is 54.9 Å². The maximum atomic E-state index is 15.0. The third-order valence-electron chi connectivity index (χ3n) is 8.37. The number of aromatic nitrogens is 3. The predicted molar refractivity (Wildman–Crippen MR) is 144 cm³/mol. The van der Waals surface area contributed by atoms with Crippen molar-refractivity contribution in [1.82, 2.24) is 15.0 Å². The SMILES string of the molecule is C[C@]1(c2cnc(-c3cc(Oc4c(F)c(F)c5[nH]ccc5c4F)ccc3F)[nH]2)CCOc2c([C@@H]3C[C@H]3C(=O)O)cccc21. The molecule has 0 amide bonds. The highest BCUT2D eigenvalue weighted by atomic mass is 19.2. The smallest absolute Gasteiger partial charge is 0.307 e. The van der Waals surface area contributed by atoms with Gasteiger partial charge in [0.05, 0.1) is 23.6 Å². The number of nitrogens with one attached hydrogen (secondary N) is 2. The number of para-hydroxylation sites is 1. The summed E-state index contributed by atoms with van der Waals surface area (Å²) in [7, 11) is 0. The lowest BCUT2D eigenvalue weighted by Gasteiger charge is -2.36. The number of carbonyl (C=O) groups is 1. The van der Waals surface area contributed by atoms with Crippen molar-refractivity contribution < 1.29 is 36.9 Å². The van der Waals surface area contributed by atoms with Gasteiger partial charge in [-0.3, -0.25) is 4.79 Å². The minimum Gasteiger partial charge on any atom is -0.493 e. The van der Waals surface area contributed by atoms with Gasteiger partial charge in [0.15, 0.2) is 11.6 Å². The van der Waals surface area contributed by atoms with E-state index in [2.05, 4.69) is 15.0 Å². The lowest BCUT2D eigenvalue weighted by atomic mass is 9.74. The van der Waals surface area contributed by atoms with E-state index in [4.69, 9.17) is 9.47 Å². The molecule has 5 aromatic rings. The Bertz CT molecular complexity index is 1900. The van der Waals surface area contributed by atoms with E-state index in [0.717, 1.165) is 17.2 Å². The fourth-order valence-electron chi connectivity index (χ4n) is 5.88. The third kappa shape index (κ3) is 3.94. The predicted octanol–water partition coefficient (Wildman–Crippen LogP) is 7.18. The first-order valence-corrected chi connectivity index (χ1v) is 13.3. The van der Waals surface area contributed by atoms with E-state index in [-0.39, 0.29) is 34.0 Å². The highest BCUT2D eigenvalue weighted by molar-refractivity contribution is 5.83. The van der Waals surface area contributed by atoms with Crippen LogP contribution in [0.1, 0.15) is 42.5 Å². The Morgan fingerprint density at radius 1 is 1.12 bits per heavy atom. The summed E-state index contributed by atoms with van der Waals surface area (Å²) in [6, 6.07) is 10.4. The minimum absolute atomic E-state index is 0.0188. The largest absolute Gasteiger partial charge is 0.493 e. The van der Waals surface area contributed by atoms with Gasteiger partial charge in [-0.15, -0.1) is 0 Å². The molecule has 7 rings (SSSR count). The van der Waals surface area contributed by atoms with E-state index in [1.54, 1.807) is 6.20 Å². The average molecular weight is 578 g/mol. The van der Waals surface area contributed by atoms with Crippen LogP contribution in [-0.2, 0) is 10.2 Å². The zero-order valence-corrected chi connectivity index (χ0v) is 22.1. The van der Waals surface area contributed by atoms with E-state index in [1.807, 2.05) is 25.1 Å². The number of aromatic amines is 2. The Kier molecular flexibility index (Phi) is 5.83. The first-order chi connectivity index (χ1) is 20.2. The molecule has 42 heavy (non-hydrogen) atoms. The number of nitrogens with zero attached hydrogens (tertiary/aromatic N) is 1. The van der Waals surface area contributed by atoms with Crippen LogP contribution in [0.25, 0.3) is 22.3 Å². The summed E-state index contributed by atoms with van der Waals surface area (Å²) < 4.78 is 70.6. The molecule has 11 heteroatoms. The molecule has 2 aromatic heterocycles. The fraction of sp³-hybridized carbons (Fsp3) is 0.226. The first kappa shape index (κ1) is 26.1. The van der Waals surface area contributed by atoms with Gasteiger partial charge in [0, 0.05) is 40.4 Å². The van der Waals surface area contributed by atoms with Crippen LogP contribution in [0, 0.1) is 29.2 Å². The quantitative estimate of drug-likeness (QED) is 0.147. The van der Waals surface area contributed by atoms with Gasteiger partial charge >= 0.3 is 5.97 Å². The molecule has 3 atom stereocenters. The number of ether oxygens (including phenoxy) is 2. The van der Waals surface area contributed by atoms with Crippen molar-refractivity contribution >= 4 is 16.9 Å². The summed E-state index contributed by atoms with van der Waals surface area (Å²) >= 11 is 0. The molecular weight excluding hydrogens is 554 g/mol. The molecule has 214 valence electrons. The van der Waals surface area contributed by atoms with Crippen LogP contribution >= 0.6 is 0 Å². The number of hydrogen-bond acceptors (Lipinski definition) is 4. The van der Waals surface area contributed by atoms with Gasteiger partial charge < -0.3 is 24.5 Å². The Balaban J connectivity index is 1.23. The van der Waals surface area contributed by atoms with Crippen molar-refractivity contribution in [2.45, 2.75) is 31.1 Å². The second-order valence-electron chi connectivity index (χ2n) is 10.9. The Morgan fingerprint density at radius 2 is 1.95 bits per heavy atom. The summed E-state index contributed by atoms with van der Waals surface area (Å²) in [5.74, 6) is -6.20. The van der Waals surface area contributed by atoms with Crippen molar-refractivity contribution in [1.29, 1.82) is 0 Å². The number of benzene rings is 3. The second kappa shape index (κ2) is 9.37. The van der Waals surface area contributed by atoms with Crippen molar-refractivity contribution in [2.24, 2.45) is 5.92 Å². The number of rotatable bonds is 6. The molecule has 1 aliphatic heterocycles. The fourth-order valence-corrected chi connectivity index (χ4v) is 5.88. The van der Waals surface area contributed by atoms with E-state index in [1.165, 1.54) is 24.4 Å². The summed E-state index contributed by atoms with van der Waals surface area (Å²) in [4.78, 5) is 21.5. The number of hydrogen-bond donors (Lipinski definition) is 3.